The van der Waals surface area contributed by atoms with Gasteiger partial charge in [0.25, 0.3) is 0 Å². The number of urea groups is 1. The van der Waals surface area contributed by atoms with E-state index in [0.29, 0.717) is 31.7 Å². The molecule has 7 heteroatoms. The first-order valence-corrected chi connectivity index (χ1v) is 14.5. The molecule has 2 heterocycles. The number of rotatable bonds is 7. The number of hydrogen-bond donors (Lipinski definition) is 2. The molecule has 1 unspecified atom stereocenters. The second-order valence-electron chi connectivity index (χ2n) is 11.9. The highest BCUT2D eigenvalue weighted by Gasteiger charge is 2.36. The molecule has 0 fully saturated rings. The Morgan fingerprint density at radius 1 is 1.07 bits per heavy atom. The van der Waals surface area contributed by atoms with Crippen LogP contribution >= 0.6 is 0 Å². The topological polar surface area (TPSA) is 88.1 Å². The standard InChI is InChI=1S/C34H40N2O5/c1-22-20-27-26(13-8-18-36(27)33(39)35-17-16-23-10-6-5-7-11-23)30(31(32(37)38)41-34(2,3)4)29(22)25-14-15-28-24(21-25)12-9-19-40-28/h5-7,10-11,14-15,20-21,31H,8-9,12-13,16-19H2,1-4H3,(H,35,39)(H,37,38). The summed E-state index contributed by atoms with van der Waals surface area (Å²) >= 11 is 0. The largest absolute Gasteiger partial charge is 0.493 e. The third-order valence-electron chi connectivity index (χ3n) is 7.68. The normalized spacial score (nSPS) is 15.4. The molecule has 2 amide bonds. The van der Waals surface area contributed by atoms with Crippen LogP contribution in [0.25, 0.3) is 11.1 Å². The van der Waals surface area contributed by atoms with Crippen molar-refractivity contribution in [3.8, 4) is 16.9 Å². The number of carbonyl (C=O) groups is 2. The number of aryl methyl sites for hydroxylation is 2. The Balaban J connectivity index is 1.57. The summed E-state index contributed by atoms with van der Waals surface area (Å²) < 4.78 is 12.1. The van der Waals surface area contributed by atoms with Crippen LogP contribution in [0.15, 0.2) is 54.6 Å². The predicted octanol–water partition coefficient (Wildman–Crippen LogP) is 6.63. The molecule has 7 nitrogen and oxygen atoms in total. The summed E-state index contributed by atoms with van der Waals surface area (Å²) in [6, 6.07) is 18.1. The van der Waals surface area contributed by atoms with Crippen molar-refractivity contribution >= 4 is 17.7 Å². The fourth-order valence-electron chi connectivity index (χ4n) is 5.94. The number of anilines is 1. The number of nitrogens with one attached hydrogen (secondary N) is 1. The van der Waals surface area contributed by atoms with Gasteiger partial charge >= 0.3 is 12.0 Å². The lowest BCUT2D eigenvalue weighted by atomic mass is 9.83. The smallest absolute Gasteiger partial charge is 0.337 e. The van der Waals surface area contributed by atoms with E-state index in [1.54, 1.807) is 4.90 Å². The molecule has 0 radical (unpaired) electrons. The molecule has 41 heavy (non-hydrogen) atoms. The molecule has 5 rings (SSSR count). The molecule has 0 saturated carbocycles. The van der Waals surface area contributed by atoms with E-state index in [-0.39, 0.29) is 6.03 Å². The van der Waals surface area contributed by atoms with Gasteiger partial charge in [-0.1, -0.05) is 36.4 Å². The van der Waals surface area contributed by atoms with Gasteiger partial charge in [-0.25, -0.2) is 9.59 Å². The summed E-state index contributed by atoms with van der Waals surface area (Å²) in [6.07, 6.45) is 2.81. The number of carbonyl (C=O) groups excluding carboxylic acids is 1. The maximum Gasteiger partial charge on any atom is 0.337 e. The van der Waals surface area contributed by atoms with E-state index in [1.165, 1.54) is 0 Å². The van der Waals surface area contributed by atoms with Crippen molar-refractivity contribution in [2.75, 3.05) is 24.6 Å². The number of hydrogen-bond acceptors (Lipinski definition) is 4. The first-order valence-electron chi connectivity index (χ1n) is 14.5. The lowest BCUT2D eigenvalue weighted by Gasteiger charge is -2.35. The second kappa shape index (κ2) is 12.0. The van der Waals surface area contributed by atoms with E-state index in [1.807, 2.05) is 76.2 Å². The second-order valence-corrected chi connectivity index (χ2v) is 11.9. The number of benzene rings is 3. The molecular weight excluding hydrogens is 516 g/mol. The molecule has 2 aliphatic rings. The van der Waals surface area contributed by atoms with E-state index < -0.39 is 17.7 Å². The quantitative estimate of drug-likeness (QED) is 0.341. The number of amides is 2. The van der Waals surface area contributed by atoms with Crippen LogP contribution in [0.5, 0.6) is 5.75 Å². The van der Waals surface area contributed by atoms with Crippen molar-refractivity contribution in [3.63, 3.8) is 0 Å². The van der Waals surface area contributed by atoms with Crippen molar-refractivity contribution in [3.05, 3.63) is 82.4 Å². The Morgan fingerprint density at radius 2 is 1.85 bits per heavy atom. The van der Waals surface area contributed by atoms with E-state index in [0.717, 1.165) is 70.5 Å². The number of aliphatic carboxylic acids is 1. The van der Waals surface area contributed by atoms with Crippen LogP contribution in [0.3, 0.4) is 0 Å². The van der Waals surface area contributed by atoms with E-state index in [2.05, 4.69) is 11.4 Å². The summed E-state index contributed by atoms with van der Waals surface area (Å²) in [6.45, 7) is 9.39. The molecule has 0 saturated heterocycles. The summed E-state index contributed by atoms with van der Waals surface area (Å²) in [5.41, 5.74) is 6.56. The van der Waals surface area contributed by atoms with Gasteiger partial charge in [0.2, 0.25) is 0 Å². The average Bonchev–Trinajstić information content (AvgIpc) is 2.94. The minimum Gasteiger partial charge on any atom is -0.493 e. The van der Waals surface area contributed by atoms with Crippen molar-refractivity contribution in [1.82, 2.24) is 5.32 Å². The Morgan fingerprint density at radius 3 is 2.59 bits per heavy atom. The molecule has 3 aromatic carbocycles. The molecule has 0 aromatic heterocycles. The lowest BCUT2D eigenvalue weighted by Crippen LogP contribution is -2.44. The fourth-order valence-corrected chi connectivity index (χ4v) is 5.94. The Kier molecular flexibility index (Phi) is 8.36. The SMILES string of the molecule is Cc1cc2c(c(C(OC(C)(C)C)C(=O)O)c1-c1ccc3c(c1)CCCO3)CCCN2C(=O)NCCc1ccccc1. The van der Waals surface area contributed by atoms with Crippen LogP contribution in [-0.4, -0.2) is 42.4 Å². The van der Waals surface area contributed by atoms with Gasteiger partial charge in [0.1, 0.15) is 5.75 Å². The van der Waals surface area contributed by atoms with Gasteiger partial charge in [-0.3, -0.25) is 4.90 Å². The summed E-state index contributed by atoms with van der Waals surface area (Å²) in [5, 5.41) is 13.6. The highest BCUT2D eigenvalue weighted by Crippen LogP contribution is 2.45. The zero-order valence-corrected chi connectivity index (χ0v) is 24.5. The third kappa shape index (κ3) is 6.41. The molecule has 0 aliphatic carbocycles. The number of carboxylic acids is 1. The number of fused-ring (bicyclic) bond motifs is 2. The van der Waals surface area contributed by atoms with Gasteiger partial charge in [0.05, 0.1) is 12.2 Å². The first-order chi connectivity index (χ1) is 19.6. The van der Waals surface area contributed by atoms with Gasteiger partial charge in [-0.15, -0.1) is 0 Å². The zero-order valence-electron chi connectivity index (χ0n) is 24.5. The van der Waals surface area contributed by atoms with Crippen molar-refractivity contribution in [1.29, 1.82) is 0 Å². The monoisotopic (exact) mass is 556 g/mol. The molecule has 0 spiro atoms. The van der Waals surface area contributed by atoms with Crippen molar-refractivity contribution in [2.45, 2.75) is 71.5 Å². The van der Waals surface area contributed by atoms with Gasteiger partial charge < -0.3 is 19.9 Å². The van der Waals surface area contributed by atoms with Gasteiger partial charge in [-0.2, -0.15) is 0 Å². The van der Waals surface area contributed by atoms with Crippen LogP contribution in [0.4, 0.5) is 10.5 Å². The number of nitrogens with zero attached hydrogens (tertiary/aromatic N) is 1. The molecule has 3 aromatic rings. The summed E-state index contributed by atoms with van der Waals surface area (Å²) in [4.78, 5) is 28.1. The van der Waals surface area contributed by atoms with E-state index >= 15 is 0 Å². The maximum absolute atomic E-state index is 13.5. The van der Waals surface area contributed by atoms with Crippen LogP contribution in [0.2, 0.25) is 0 Å². The fraction of sp³-hybridized carbons (Fsp3) is 0.412. The molecule has 216 valence electrons. The Bertz CT molecular complexity index is 1430. The highest BCUT2D eigenvalue weighted by atomic mass is 16.5. The van der Waals surface area contributed by atoms with Gasteiger partial charge in [0.15, 0.2) is 6.10 Å². The van der Waals surface area contributed by atoms with E-state index in [9.17, 15) is 14.7 Å². The lowest BCUT2D eigenvalue weighted by molar-refractivity contribution is -0.160. The molecular formula is C34H40N2O5. The van der Waals surface area contributed by atoms with Crippen LogP contribution in [0, 0.1) is 6.92 Å². The summed E-state index contributed by atoms with van der Waals surface area (Å²) in [5.74, 6) is -0.157. The molecule has 0 bridgehead atoms. The van der Waals surface area contributed by atoms with Crippen LogP contribution < -0.4 is 15.0 Å². The van der Waals surface area contributed by atoms with Crippen LogP contribution in [-0.2, 0) is 28.8 Å². The molecule has 2 aliphatic heterocycles. The first kappa shape index (κ1) is 28.7. The number of ether oxygens (including phenoxy) is 2. The number of carboxylic acid groups (broad SMARTS) is 1. The minimum atomic E-state index is -1.19. The molecule has 2 N–H and O–H groups in total. The van der Waals surface area contributed by atoms with Gasteiger partial charge in [0, 0.05) is 24.3 Å². The van der Waals surface area contributed by atoms with E-state index in [4.69, 9.17) is 9.47 Å². The maximum atomic E-state index is 13.5. The van der Waals surface area contributed by atoms with Gasteiger partial charge in [-0.05, 0) is 111 Å². The highest BCUT2D eigenvalue weighted by molar-refractivity contribution is 5.96. The minimum absolute atomic E-state index is 0.172. The van der Waals surface area contributed by atoms with Crippen LogP contribution in [0.1, 0.15) is 67.5 Å². The zero-order chi connectivity index (χ0) is 29.1. The Labute approximate surface area is 242 Å². The van der Waals surface area contributed by atoms with Crippen molar-refractivity contribution in [2.24, 2.45) is 0 Å². The third-order valence-corrected chi connectivity index (χ3v) is 7.68. The average molecular weight is 557 g/mol. The molecule has 1 atom stereocenters. The summed E-state index contributed by atoms with van der Waals surface area (Å²) in [7, 11) is 0. The van der Waals surface area contributed by atoms with Crippen molar-refractivity contribution < 1.29 is 24.2 Å². The Hall–Kier alpha value is -3.84. The predicted molar refractivity (Wildman–Crippen MR) is 161 cm³/mol.